The van der Waals surface area contributed by atoms with Gasteiger partial charge in [0.1, 0.15) is 5.82 Å². The molecular formula is C9H8ClN3S. The predicted octanol–water partition coefficient (Wildman–Crippen LogP) is 2.63. The lowest BCUT2D eigenvalue weighted by Crippen LogP contribution is -1.88. The zero-order valence-corrected chi connectivity index (χ0v) is 8.77. The molecule has 0 bridgehead atoms. The van der Waals surface area contributed by atoms with Crippen LogP contribution >= 0.6 is 22.9 Å². The Labute approximate surface area is 90.3 Å². The molecule has 0 saturated carbocycles. The second-order valence-corrected chi connectivity index (χ2v) is 4.24. The number of nitrogens with zero attached hydrogens (tertiary/aromatic N) is 1. The molecule has 0 spiro atoms. The van der Waals surface area contributed by atoms with E-state index in [-0.39, 0.29) is 0 Å². The van der Waals surface area contributed by atoms with Gasteiger partial charge < -0.3 is 11.5 Å². The van der Waals surface area contributed by atoms with Crippen molar-refractivity contribution in [2.75, 3.05) is 11.5 Å². The molecule has 4 N–H and O–H groups in total. The summed E-state index contributed by atoms with van der Waals surface area (Å²) >= 11 is 7.23. The maximum Gasteiger partial charge on any atom is 0.182 e. The van der Waals surface area contributed by atoms with E-state index < -0.39 is 0 Å². The summed E-state index contributed by atoms with van der Waals surface area (Å²) in [6.45, 7) is 0. The third-order valence-corrected chi connectivity index (χ3v) is 2.94. The van der Waals surface area contributed by atoms with Crippen LogP contribution in [-0.4, -0.2) is 4.98 Å². The summed E-state index contributed by atoms with van der Waals surface area (Å²) in [5.41, 5.74) is 12.2. The highest BCUT2D eigenvalue weighted by molar-refractivity contribution is 7.19. The summed E-state index contributed by atoms with van der Waals surface area (Å²) in [6, 6.07) is 7.44. The van der Waals surface area contributed by atoms with Crippen LogP contribution in [0, 0.1) is 0 Å². The van der Waals surface area contributed by atoms with E-state index in [1.54, 1.807) is 0 Å². The van der Waals surface area contributed by atoms with Crippen LogP contribution < -0.4 is 11.5 Å². The summed E-state index contributed by atoms with van der Waals surface area (Å²) < 4.78 is 0. The van der Waals surface area contributed by atoms with E-state index in [0.717, 1.165) is 10.4 Å². The fourth-order valence-electron chi connectivity index (χ4n) is 1.19. The Morgan fingerprint density at radius 1 is 1.29 bits per heavy atom. The number of aromatic nitrogens is 1. The number of benzene rings is 1. The minimum Gasteiger partial charge on any atom is -0.382 e. The van der Waals surface area contributed by atoms with E-state index >= 15 is 0 Å². The summed E-state index contributed by atoms with van der Waals surface area (Å²) in [5, 5.41) is 1.14. The third-order valence-electron chi connectivity index (χ3n) is 1.76. The first-order chi connectivity index (χ1) is 6.66. The van der Waals surface area contributed by atoms with E-state index in [9.17, 15) is 0 Å². The van der Waals surface area contributed by atoms with E-state index in [0.29, 0.717) is 16.0 Å². The number of hydrogen-bond donors (Lipinski definition) is 2. The van der Waals surface area contributed by atoms with Gasteiger partial charge in [-0.05, 0) is 17.7 Å². The Morgan fingerprint density at radius 3 is 2.64 bits per heavy atom. The highest BCUT2D eigenvalue weighted by atomic mass is 35.5. The van der Waals surface area contributed by atoms with Gasteiger partial charge in [0, 0.05) is 5.02 Å². The molecule has 1 aromatic heterocycles. The van der Waals surface area contributed by atoms with E-state index in [1.165, 1.54) is 11.3 Å². The molecule has 0 fully saturated rings. The number of halogens is 1. The van der Waals surface area contributed by atoms with Crippen LogP contribution in [0.2, 0.25) is 5.02 Å². The molecule has 1 aromatic carbocycles. The fourth-order valence-corrected chi connectivity index (χ4v) is 2.12. The first kappa shape index (κ1) is 9.30. The van der Waals surface area contributed by atoms with Crippen molar-refractivity contribution in [2.24, 2.45) is 0 Å². The van der Waals surface area contributed by atoms with Crippen molar-refractivity contribution in [1.82, 2.24) is 4.98 Å². The number of nitrogens with two attached hydrogens (primary N) is 2. The third kappa shape index (κ3) is 1.66. The van der Waals surface area contributed by atoms with Crippen molar-refractivity contribution in [3.05, 3.63) is 29.3 Å². The Hall–Kier alpha value is -1.26. The SMILES string of the molecule is Nc1nc(N)c(-c2cccc(Cl)c2)s1. The predicted molar refractivity (Wildman–Crippen MR) is 61.4 cm³/mol. The lowest BCUT2D eigenvalue weighted by Gasteiger charge is -1.98. The van der Waals surface area contributed by atoms with Crippen molar-refractivity contribution in [3.63, 3.8) is 0 Å². The van der Waals surface area contributed by atoms with Gasteiger partial charge in [0.2, 0.25) is 0 Å². The zero-order valence-electron chi connectivity index (χ0n) is 7.20. The van der Waals surface area contributed by atoms with Crippen LogP contribution in [0.3, 0.4) is 0 Å². The topological polar surface area (TPSA) is 64.9 Å². The van der Waals surface area contributed by atoms with E-state index in [2.05, 4.69) is 4.98 Å². The Balaban J connectivity index is 2.54. The molecule has 2 rings (SSSR count). The highest BCUT2D eigenvalue weighted by Gasteiger charge is 2.08. The number of nitrogen functional groups attached to an aromatic ring is 2. The summed E-state index contributed by atoms with van der Waals surface area (Å²) in [7, 11) is 0. The molecule has 72 valence electrons. The second kappa shape index (κ2) is 3.48. The molecule has 0 atom stereocenters. The van der Waals surface area contributed by atoms with E-state index in [1.807, 2.05) is 24.3 Å². The van der Waals surface area contributed by atoms with Gasteiger partial charge in [-0.3, -0.25) is 0 Å². The van der Waals surface area contributed by atoms with Crippen molar-refractivity contribution in [1.29, 1.82) is 0 Å². The van der Waals surface area contributed by atoms with Crippen LogP contribution in [0.5, 0.6) is 0 Å². The van der Waals surface area contributed by atoms with Crippen molar-refractivity contribution >= 4 is 33.9 Å². The van der Waals surface area contributed by atoms with Gasteiger partial charge in [0.15, 0.2) is 5.13 Å². The van der Waals surface area contributed by atoms with Gasteiger partial charge in [-0.1, -0.05) is 35.1 Å². The number of rotatable bonds is 1. The smallest absolute Gasteiger partial charge is 0.182 e. The normalized spacial score (nSPS) is 10.4. The van der Waals surface area contributed by atoms with Crippen LogP contribution in [0.15, 0.2) is 24.3 Å². The molecule has 0 aliphatic carbocycles. The van der Waals surface area contributed by atoms with Gasteiger partial charge in [-0.25, -0.2) is 4.98 Å². The monoisotopic (exact) mass is 225 g/mol. The molecule has 0 radical (unpaired) electrons. The quantitative estimate of drug-likeness (QED) is 0.784. The van der Waals surface area contributed by atoms with Crippen molar-refractivity contribution < 1.29 is 0 Å². The number of thiazole rings is 1. The van der Waals surface area contributed by atoms with Crippen molar-refractivity contribution in [2.45, 2.75) is 0 Å². The van der Waals surface area contributed by atoms with Gasteiger partial charge in [0.25, 0.3) is 0 Å². The number of hydrogen-bond acceptors (Lipinski definition) is 4. The highest BCUT2D eigenvalue weighted by Crippen LogP contribution is 2.34. The first-order valence-corrected chi connectivity index (χ1v) is 5.14. The van der Waals surface area contributed by atoms with Crippen LogP contribution in [0.25, 0.3) is 10.4 Å². The standard InChI is InChI=1S/C9H8ClN3S/c10-6-3-1-2-5(4-6)7-8(11)13-9(12)14-7/h1-4H,11H2,(H2,12,13). The molecule has 1 heterocycles. The van der Waals surface area contributed by atoms with Crippen LogP contribution in [-0.2, 0) is 0 Å². The molecule has 14 heavy (non-hydrogen) atoms. The molecule has 5 heteroatoms. The minimum absolute atomic E-state index is 0.453. The van der Waals surface area contributed by atoms with Gasteiger partial charge in [-0.15, -0.1) is 0 Å². The molecule has 0 aliphatic heterocycles. The fraction of sp³-hybridized carbons (Fsp3) is 0. The minimum atomic E-state index is 0.453. The Kier molecular flexibility index (Phi) is 2.31. The lowest BCUT2D eigenvalue weighted by molar-refractivity contribution is 1.43. The molecule has 3 nitrogen and oxygen atoms in total. The molecule has 0 amide bonds. The molecule has 0 aliphatic rings. The summed E-state index contributed by atoms with van der Waals surface area (Å²) in [4.78, 5) is 4.81. The van der Waals surface area contributed by atoms with Crippen molar-refractivity contribution in [3.8, 4) is 10.4 Å². The Bertz CT molecular complexity index is 467. The molecule has 0 saturated heterocycles. The zero-order chi connectivity index (χ0) is 10.1. The van der Waals surface area contributed by atoms with Gasteiger partial charge >= 0.3 is 0 Å². The van der Waals surface area contributed by atoms with Crippen LogP contribution in [0.1, 0.15) is 0 Å². The largest absolute Gasteiger partial charge is 0.382 e. The van der Waals surface area contributed by atoms with Crippen LogP contribution in [0.4, 0.5) is 10.9 Å². The summed E-state index contributed by atoms with van der Waals surface area (Å²) in [5.74, 6) is 0.453. The first-order valence-electron chi connectivity index (χ1n) is 3.94. The Morgan fingerprint density at radius 2 is 2.07 bits per heavy atom. The maximum atomic E-state index is 5.87. The molecular weight excluding hydrogens is 218 g/mol. The lowest BCUT2D eigenvalue weighted by atomic mass is 10.2. The maximum absolute atomic E-state index is 5.87. The molecule has 0 unspecified atom stereocenters. The average molecular weight is 226 g/mol. The second-order valence-electron chi connectivity index (χ2n) is 2.78. The number of anilines is 2. The summed E-state index contributed by atoms with van der Waals surface area (Å²) in [6.07, 6.45) is 0. The van der Waals surface area contributed by atoms with E-state index in [4.69, 9.17) is 23.1 Å². The molecule has 2 aromatic rings. The van der Waals surface area contributed by atoms with Gasteiger partial charge in [-0.2, -0.15) is 0 Å². The van der Waals surface area contributed by atoms with Gasteiger partial charge in [0.05, 0.1) is 4.88 Å². The average Bonchev–Trinajstić information content (AvgIpc) is 2.45.